The van der Waals surface area contributed by atoms with Gasteiger partial charge in [-0.2, -0.15) is 5.26 Å². The number of amides is 1. The van der Waals surface area contributed by atoms with Crippen LogP contribution in [0.4, 0.5) is 5.69 Å². The number of para-hydroxylation sites is 2. The number of ether oxygens (including phenoxy) is 3. The van der Waals surface area contributed by atoms with E-state index < -0.39 is 11.9 Å². The number of rotatable bonds is 9. The van der Waals surface area contributed by atoms with Gasteiger partial charge in [-0.25, -0.2) is 4.99 Å². The molecule has 0 aliphatic carbocycles. The highest BCUT2D eigenvalue weighted by molar-refractivity contribution is 7.07. The Bertz CT molecular complexity index is 2550. The van der Waals surface area contributed by atoms with Crippen LogP contribution in [-0.2, 0) is 11.3 Å². The zero-order valence-corrected chi connectivity index (χ0v) is 29.2. The molecule has 1 aliphatic heterocycles. The second kappa shape index (κ2) is 13.9. The van der Waals surface area contributed by atoms with E-state index in [-0.39, 0.29) is 5.56 Å². The summed E-state index contributed by atoms with van der Waals surface area (Å²) in [6.45, 7) is 2.26. The van der Waals surface area contributed by atoms with Gasteiger partial charge in [0.1, 0.15) is 0 Å². The lowest BCUT2D eigenvalue weighted by Gasteiger charge is -2.26. The molecule has 1 amide bonds. The molecule has 7 rings (SSSR count). The van der Waals surface area contributed by atoms with Crippen LogP contribution in [0.1, 0.15) is 35.2 Å². The summed E-state index contributed by atoms with van der Waals surface area (Å²) in [5, 5.41) is 13.6. The number of nitriles is 1. The molecule has 2 aromatic heterocycles. The monoisotopic (exact) mass is 695 g/mol. The van der Waals surface area contributed by atoms with E-state index in [1.54, 1.807) is 35.8 Å². The van der Waals surface area contributed by atoms with Crippen molar-refractivity contribution >= 4 is 39.9 Å². The average molecular weight is 696 g/mol. The van der Waals surface area contributed by atoms with Gasteiger partial charge in [0.15, 0.2) is 16.3 Å². The number of fused-ring (bicyclic) bond motifs is 2. The summed E-state index contributed by atoms with van der Waals surface area (Å²) in [7, 11) is 4.56. The fourth-order valence-corrected chi connectivity index (χ4v) is 7.56. The lowest BCUT2D eigenvalue weighted by Crippen LogP contribution is -2.40. The molecule has 3 heterocycles. The fourth-order valence-electron chi connectivity index (χ4n) is 6.52. The van der Waals surface area contributed by atoms with Crippen molar-refractivity contribution in [2.45, 2.75) is 19.5 Å². The van der Waals surface area contributed by atoms with Crippen LogP contribution in [0, 0.1) is 11.3 Å². The summed E-state index contributed by atoms with van der Waals surface area (Å²) in [6.07, 6.45) is 3.87. The molecule has 6 aromatic rings. The SMILES string of the molecule is COc1cc([C@@H]2C(C(=O)Nc3ccccc3)=C(C)N=c3s/c(=C\c4cn(Cc5ccccc5C#N)c5ccccc45)c(=O)n32)cc(OC)c1OC. The minimum absolute atomic E-state index is 0.304. The van der Waals surface area contributed by atoms with Crippen molar-refractivity contribution in [3.05, 3.63) is 150 Å². The molecule has 51 heavy (non-hydrogen) atoms. The Balaban J connectivity index is 1.41. The number of nitrogens with one attached hydrogen (secondary N) is 1. The number of aromatic nitrogens is 2. The standard InChI is InChI=1S/C40H33N5O5S/c1-24-35(38(46)43-29-14-6-5-7-15-29)36(27-18-32(48-2)37(50-4)33(19-27)49-3)45-39(47)34(51-40(45)42-24)20-28-23-44(31-17-11-10-16-30(28)31)22-26-13-9-8-12-25(26)21-41/h5-20,23,36H,22H2,1-4H3,(H,43,46)/b34-20-/t36-/m1/s1. The van der Waals surface area contributed by atoms with Crippen molar-refractivity contribution in [2.75, 3.05) is 26.6 Å². The minimum Gasteiger partial charge on any atom is -0.493 e. The van der Waals surface area contributed by atoms with Gasteiger partial charge in [0.05, 0.1) is 54.8 Å². The molecule has 254 valence electrons. The normalized spacial score (nSPS) is 14.1. The van der Waals surface area contributed by atoms with Crippen LogP contribution >= 0.6 is 11.3 Å². The maximum absolute atomic E-state index is 14.6. The number of nitrogens with zero attached hydrogens (tertiary/aromatic N) is 4. The largest absolute Gasteiger partial charge is 0.493 e. The second-order valence-electron chi connectivity index (χ2n) is 11.9. The lowest BCUT2D eigenvalue weighted by molar-refractivity contribution is -0.113. The molecule has 0 fully saturated rings. The molecule has 1 atom stereocenters. The predicted molar refractivity (Wildman–Crippen MR) is 197 cm³/mol. The quantitative estimate of drug-likeness (QED) is 0.205. The molecule has 1 N–H and O–H groups in total. The topological polar surface area (TPSA) is 120 Å². The van der Waals surface area contributed by atoms with Gasteiger partial charge >= 0.3 is 0 Å². The van der Waals surface area contributed by atoms with Crippen LogP contribution in [0.15, 0.2) is 118 Å². The Hall–Kier alpha value is -6.38. The number of methoxy groups -OCH3 is 3. The summed E-state index contributed by atoms with van der Waals surface area (Å²) < 4.78 is 21.0. The van der Waals surface area contributed by atoms with Crippen molar-refractivity contribution in [3.63, 3.8) is 0 Å². The minimum atomic E-state index is -0.871. The maximum atomic E-state index is 14.6. The molecule has 1 aliphatic rings. The second-order valence-corrected chi connectivity index (χ2v) is 12.9. The van der Waals surface area contributed by atoms with Crippen LogP contribution in [0.25, 0.3) is 17.0 Å². The molecule has 0 bridgehead atoms. The summed E-state index contributed by atoms with van der Waals surface area (Å²) in [5.74, 6) is 0.770. The third-order valence-corrected chi connectivity index (χ3v) is 9.87. The van der Waals surface area contributed by atoms with E-state index in [1.165, 1.54) is 32.7 Å². The molecule has 0 spiro atoms. The highest BCUT2D eigenvalue weighted by atomic mass is 32.1. The fraction of sp³-hybridized carbons (Fsp3) is 0.150. The van der Waals surface area contributed by atoms with Gasteiger partial charge in [-0.1, -0.05) is 65.9 Å². The Morgan fingerprint density at radius 3 is 2.35 bits per heavy atom. The summed E-state index contributed by atoms with van der Waals surface area (Å²) in [6, 6.07) is 29.5. The van der Waals surface area contributed by atoms with Crippen LogP contribution in [0.5, 0.6) is 17.2 Å². The Labute approximate surface area is 297 Å². The summed E-state index contributed by atoms with van der Waals surface area (Å²) in [5.41, 5.74) is 4.98. The number of thiazole rings is 1. The Kier molecular flexibility index (Phi) is 9.00. The maximum Gasteiger partial charge on any atom is 0.271 e. The molecule has 11 heteroatoms. The predicted octanol–water partition coefficient (Wildman–Crippen LogP) is 5.77. The number of anilines is 1. The van der Waals surface area contributed by atoms with E-state index >= 15 is 0 Å². The van der Waals surface area contributed by atoms with Gasteiger partial charge in [-0.3, -0.25) is 14.2 Å². The van der Waals surface area contributed by atoms with Crippen molar-refractivity contribution in [1.82, 2.24) is 9.13 Å². The molecule has 10 nitrogen and oxygen atoms in total. The molecule has 4 aromatic carbocycles. The van der Waals surface area contributed by atoms with Gasteiger partial charge in [0.25, 0.3) is 11.5 Å². The number of carbonyl (C=O) groups is 1. The molecule has 0 saturated carbocycles. The van der Waals surface area contributed by atoms with Gasteiger partial charge in [-0.05, 0) is 60.5 Å². The van der Waals surface area contributed by atoms with Crippen LogP contribution in [0.2, 0.25) is 0 Å². The van der Waals surface area contributed by atoms with Crippen LogP contribution < -0.4 is 34.4 Å². The Morgan fingerprint density at radius 1 is 0.961 bits per heavy atom. The van der Waals surface area contributed by atoms with Crippen molar-refractivity contribution in [1.29, 1.82) is 5.26 Å². The third-order valence-electron chi connectivity index (χ3n) is 8.89. The first kappa shape index (κ1) is 33.1. The molecular formula is C40H33N5O5S. The summed E-state index contributed by atoms with van der Waals surface area (Å²) in [4.78, 5) is 33.9. The molecule has 0 unspecified atom stereocenters. The van der Waals surface area contributed by atoms with Gasteiger partial charge in [-0.15, -0.1) is 0 Å². The molecule has 0 radical (unpaired) electrons. The third kappa shape index (κ3) is 6.06. The number of hydrogen-bond donors (Lipinski definition) is 1. The van der Waals surface area contributed by atoms with E-state index in [4.69, 9.17) is 19.2 Å². The zero-order valence-electron chi connectivity index (χ0n) is 28.3. The van der Waals surface area contributed by atoms with E-state index in [0.717, 1.165) is 22.0 Å². The van der Waals surface area contributed by atoms with Crippen molar-refractivity contribution in [2.24, 2.45) is 4.99 Å². The smallest absolute Gasteiger partial charge is 0.271 e. The first-order valence-corrected chi connectivity index (χ1v) is 16.9. The highest BCUT2D eigenvalue weighted by Gasteiger charge is 2.34. The van der Waals surface area contributed by atoms with Crippen LogP contribution in [0.3, 0.4) is 0 Å². The van der Waals surface area contributed by atoms with Crippen molar-refractivity contribution < 1.29 is 19.0 Å². The van der Waals surface area contributed by atoms with E-state index in [1.807, 2.05) is 79.0 Å². The molecular weight excluding hydrogens is 663 g/mol. The van der Waals surface area contributed by atoms with Gasteiger partial charge in [0.2, 0.25) is 5.75 Å². The molecule has 0 saturated heterocycles. The first-order chi connectivity index (χ1) is 24.8. The number of hydrogen-bond acceptors (Lipinski definition) is 8. The number of allylic oxidation sites excluding steroid dienone is 1. The number of benzene rings is 4. The van der Waals surface area contributed by atoms with E-state index in [2.05, 4.69) is 16.0 Å². The Morgan fingerprint density at radius 2 is 1.65 bits per heavy atom. The van der Waals surface area contributed by atoms with Crippen LogP contribution in [-0.4, -0.2) is 36.4 Å². The van der Waals surface area contributed by atoms with Gasteiger partial charge < -0.3 is 24.1 Å². The highest BCUT2D eigenvalue weighted by Crippen LogP contribution is 2.42. The summed E-state index contributed by atoms with van der Waals surface area (Å²) >= 11 is 1.25. The van der Waals surface area contributed by atoms with E-state index in [9.17, 15) is 14.9 Å². The average Bonchev–Trinajstić information content (AvgIpc) is 3.66. The van der Waals surface area contributed by atoms with E-state index in [0.29, 0.717) is 61.2 Å². The number of carbonyl (C=O) groups excluding carboxylic acids is 1. The zero-order chi connectivity index (χ0) is 35.6. The first-order valence-electron chi connectivity index (χ1n) is 16.1. The van der Waals surface area contributed by atoms with Crippen molar-refractivity contribution in [3.8, 4) is 23.3 Å². The van der Waals surface area contributed by atoms with Gasteiger partial charge in [0, 0.05) is 34.9 Å². The lowest BCUT2D eigenvalue weighted by atomic mass is 9.94.